The first-order valence-electron chi connectivity index (χ1n) is 6.32. The molecule has 2 aromatic rings. The molecule has 1 atom stereocenters. The summed E-state index contributed by atoms with van der Waals surface area (Å²) in [7, 11) is -7.66. The fourth-order valence-electron chi connectivity index (χ4n) is 1.75. The van der Waals surface area contributed by atoms with Crippen molar-refractivity contribution in [2.75, 3.05) is 6.26 Å². The molecule has 0 amide bonds. The molecule has 2 rings (SSSR count). The normalized spacial score (nSPS) is 13.9. The molecule has 0 aliphatic rings. The number of sulfone groups is 1. The van der Waals surface area contributed by atoms with E-state index in [4.69, 9.17) is 16.0 Å². The van der Waals surface area contributed by atoms with Crippen LogP contribution in [-0.2, 0) is 19.9 Å². The van der Waals surface area contributed by atoms with E-state index in [0.29, 0.717) is 5.89 Å². The largest absolute Gasteiger partial charge is 0.424 e. The Morgan fingerprint density at radius 3 is 2.39 bits per heavy atom. The average Bonchev–Trinajstić information content (AvgIpc) is 2.84. The third kappa shape index (κ3) is 4.08. The van der Waals surface area contributed by atoms with Crippen LogP contribution in [0.1, 0.15) is 24.7 Å². The maximum Gasteiger partial charge on any atom is 0.242 e. The van der Waals surface area contributed by atoms with E-state index in [0.717, 1.165) is 12.3 Å². The van der Waals surface area contributed by atoms with E-state index in [9.17, 15) is 16.8 Å². The lowest BCUT2D eigenvalue weighted by molar-refractivity contribution is 0.426. The lowest BCUT2D eigenvalue weighted by Crippen LogP contribution is -2.27. The number of benzene rings is 1. The van der Waals surface area contributed by atoms with Crippen molar-refractivity contribution in [1.29, 1.82) is 0 Å². The van der Waals surface area contributed by atoms with Crippen LogP contribution in [0, 0.1) is 6.92 Å². The molecule has 23 heavy (non-hydrogen) atoms. The van der Waals surface area contributed by atoms with Gasteiger partial charge in [-0.15, -0.1) is 10.2 Å². The Morgan fingerprint density at radius 2 is 1.87 bits per heavy atom. The Labute approximate surface area is 138 Å². The summed E-state index contributed by atoms with van der Waals surface area (Å²) < 4.78 is 55.5. The molecular weight excluding hydrogens is 366 g/mol. The Morgan fingerprint density at radius 1 is 1.22 bits per heavy atom. The van der Waals surface area contributed by atoms with Gasteiger partial charge in [-0.1, -0.05) is 11.6 Å². The minimum absolute atomic E-state index is 0.0847. The molecule has 1 N–H and O–H groups in total. The zero-order valence-corrected chi connectivity index (χ0v) is 14.8. The third-order valence-electron chi connectivity index (χ3n) is 2.86. The smallest absolute Gasteiger partial charge is 0.242 e. The summed E-state index contributed by atoms with van der Waals surface area (Å²) >= 11 is 5.90. The maximum atomic E-state index is 12.4. The number of nitrogens with one attached hydrogen (secondary N) is 1. The number of rotatable bonds is 5. The molecule has 0 bridgehead atoms. The number of nitrogens with zero attached hydrogens (tertiary/aromatic N) is 2. The molecule has 126 valence electrons. The van der Waals surface area contributed by atoms with Crippen LogP contribution in [0.3, 0.4) is 0 Å². The first-order chi connectivity index (χ1) is 10.5. The summed E-state index contributed by atoms with van der Waals surface area (Å²) in [4.78, 5) is -0.492. The number of aryl methyl sites for hydroxylation is 1. The van der Waals surface area contributed by atoms with Gasteiger partial charge >= 0.3 is 0 Å². The van der Waals surface area contributed by atoms with Gasteiger partial charge in [0.15, 0.2) is 9.84 Å². The summed E-state index contributed by atoms with van der Waals surface area (Å²) in [5.74, 6) is 0.379. The van der Waals surface area contributed by atoms with Gasteiger partial charge in [-0.3, -0.25) is 0 Å². The van der Waals surface area contributed by atoms with E-state index in [-0.39, 0.29) is 20.7 Å². The van der Waals surface area contributed by atoms with Crippen molar-refractivity contribution >= 4 is 31.5 Å². The average molecular weight is 380 g/mol. The second-order valence-corrected chi connectivity index (χ2v) is 8.97. The third-order valence-corrected chi connectivity index (χ3v) is 6.00. The van der Waals surface area contributed by atoms with Gasteiger partial charge in [0.05, 0.1) is 16.0 Å². The van der Waals surface area contributed by atoms with Crippen LogP contribution < -0.4 is 4.72 Å². The van der Waals surface area contributed by atoms with Crippen LogP contribution in [0.2, 0.25) is 5.02 Å². The lowest BCUT2D eigenvalue weighted by Gasteiger charge is -2.12. The van der Waals surface area contributed by atoms with Gasteiger partial charge in [-0.05, 0) is 25.1 Å². The zero-order chi connectivity index (χ0) is 17.4. The first kappa shape index (κ1) is 17.9. The maximum absolute atomic E-state index is 12.4. The van der Waals surface area contributed by atoms with Crippen molar-refractivity contribution in [1.82, 2.24) is 14.9 Å². The van der Waals surface area contributed by atoms with Gasteiger partial charge in [-0.25, -0.2) is 16.8 Å². The Kier molecular flexibility index (Phi) is 4.81. The van der Waals surface area contributed by atoms with Gasteiger partial charge in [0, 0.05) is 13.2 Å². The molecule has 8 nitrogen and oxygen atoms in total. The fourth-order valence-corrected chi connectivity index (χ4v) is 4.20. The van der Waals surface area contributed by atoms with Crippen molar-refractivity contribution in [2.45, 2.75) is 29.7 Å². The summed E-state index contributed by atoms with van der Waals surface area (Å²) in [5, 5.41) is 7.25. The minimum Gasteiger partial charge on any atom is -0.424 e. The van der Waals surface area contributed by atoms with Gasteiger partial charge in [0.2, 0.25) is 21.8 Å². The number of sulfonamides is 1. The quantitative estimate of drug-likeness (QED) is 0.835. The highest BCUT2D eigenvalue weighted by molar-refractivity contribution is 7.91. The number of hydrogen-bond acceptors (Lipinski definition) is 7. The molecule has 1 heterocycles. The Hall–Kier alpha value is -1.49. The molecule has 0 radical (unpaired) electrons. The van der Waals surface area contributed by atoms with Crippen molar-refractivity contribution in [2.24, 2.45) is 0 Å². The topological polar surface area (TPSA) is 119 Å². The Bertz CT molecular complexity index is 937. The second kappa shape index (κ2) is 6.19. The van der Waals surface area contributed by atoms with Crippen molar-refractivity contribution < 1.29 is 21.3 Å². The lowest BCUT2D eigenvalue weighted by atomic mass is 10.4. The van der Waals surface area contributed by atoms with E-state index in [1.54, 1.807) is 6.92 Å². The predicted molar refractivity (Wildman–Crippen MR) is 82.3 cm³/mol. The van der Waals surface area contributed by atoms with Gasteiger partial charge < -0.3 is 4.42 Å². The van der Waals surface area contributed by atoms with Gasteiger partial charge in [0.25, 0.3) is 0 Å². The summed E-state index contributed by atoms with van der Waals surface area (Å²) in [5.41, 5.74) is 0. The summed E-state index contributed by atoms with van der Waals surface area (Å²) in [6.45, 7) is 3.09. The monoisotopic (exact) mass is 379 g/mol. The highest BCUT2D eigenvalue weighted by Gasteiger charge is 2.25. The van der Waals surface area contributed by atoms with Crippen LogP contribution >= 0.6 is 11.6 Å². The number of aromatic nitrogens is 2. The summed E-state index contributed by atoms with van der Waals surface area (Å²) in [6.07, 6.45) is 0.976. The van der Waals surface area contributed by atoms with Crippen LogP contribution in [-0.4, -0.2) is 33.3 Å². The number of halogens is 1. The molecular formula is C12H14ClN3O5S2. The van der Waals surface area contributed by atoms with Gasteiger partial charge in [0.1, 0.15) is 4.90 Å². The highest BCUT2D eigenvalue weighted by Crippen LogP contribution is 2.26. The summed E-state index contributed by atoms with van der Waals surface area (Å²) in [6, 6.07) is 2.65. The number of hydrogen-bond donors (Lipinski definition) is 1. The predicted octanol–water partition coefficient (Wildman–Crippen LogP) is 1.47. The van der Waals surface area contributed by atoms with Crippen LogP contribution in [0.5, 0.6) is 0 Å². The molecule has 0 aliphatic carbocycles. The van der Waals surface area contributed by atoms with Crippen LogP contribution in [0.15, 0.2) is 32.4 Å². The van der Waals surface area contributed by atoms with Crippen molar-refractivity contribution in [3.8, 4) is 0 Å². The fraction of sp³-hybridized carbons (Fsp3) is 0.333. The van der Waals surface area contributed by atoms with Gasteiger partial charge in [-0.2, -0.15) is 4.72 Å². The van der Waals surface area contributed by atoms with Crippen molar-refractivity contribution in [3.05, 3.63) is 35.0 Å². The highest BCUT2D eigenvalue weighted by atomic mass is 35.5. The molecule has 0 unspecified atom stereocenters. The SMILES string of the molecule is Cc1nnc([C@H](C)NS(=O)(=O)c2cc(S(C)(=O)=O)ccc2Cl)o1. The van der Waals surface area contributed by atoms with E-state index in [2.05, 4.69) is 14.9 Å². The Balaban J connectivity index is 2.40. The molecule has 0 fully saturated rings. The standard InChI is InChI=1S/C12H14ClN3O5S2/c1-7(12-15-14-8(2)21-12)16-23(19,20)11-6-9(22(3,17)18)4-5-10(11)13/h4-7,16H,1-3H3/t7-/m0/s1. The van der Waals surface area contributed by atoms with E-state index in [1.165, 1.54) is 19.1 Å². The van der Waals surface area contributed by atoms with Crippen molar-refractivity contribution in [3.63, 3.8) is 0 Å². The van der Waals surface area contributed by atoms with E-state index in [1.807, 2.05) is 0 Å². The van der Waals surface area contributed by atoms with E-state index >= 15 is 0 Å². The van der Waals surface area contributed by atoms with E-state index < -0.39 is 25.9 Å². The second-order valence-electron chi connectivity index (χ2n) is 4.87. The molecule has 0 saturated carbocycles. The first-order valence-corrected chi connectivity index (χ1v) is 10.1. The molecule has 1 aromatic heterocycles. The zero-order valence-electron chi connectivity index (χ0n) is 12.4. The van der Waals surface area contributed by atoms with Crippen LogP contribution in [0.25, 0.3) is 0 Å². The molecule has 0 spiro atoms. The van der Waals surface area contributed by atoms with Crippen LogP contribution in [0.4, 0.5) is 0 Å². The molecule has 11 heteroatoms. The molecule has 0 aliphatic heterocycles. The minimum atomic E-state index is -4.09. The molecule has 1 aromatic carbocycles. The molecule has 0 saturated heterocycles.